The Morgan fingerprint density at radius 2 is 1.67 bits per heavy atom. The van der Waals surface area contributed by atoms with Crippen molar-refractivity contribution in [3.8, 4) is 0 Å². The monoisotopic (exact) mass is 335 g/mol. The molecule has 0 aliphatic heterocycles. The smallest absolute Gasteiger partial charge is 0.315 e. The minimum Gasteiger partial charge on any atom is -0.481 e. The Kier molecular flexibility index (Phi) is 7.74. The van der Waals surface area contributed by atoms with Crippen LogP contribution in [0.3, 0.4) is 0 Å². The van der Waals surface area contributed by atoms with Gasteiger partial charge in [0.2, 0.25) is 5.91 Å². The van der Waals surface area contributed by atoms with Gasteiger partial charge >= 0.3 is 12.0 Å². The fourth-order valence-corrected chi connectivity index (χ4v) is 1.96. The molecule has 7 nitrogen and oxygen atoms in total. The number of carboxylic acid groups (broad SMARTS) is 1. The lowest BCUT2D eigenvalue weighted by atomic mass is 10.0. The Morgan fingerprint density at radius 1 is 1.04 bits per heavy atom. The molecule has 3 amide bonds. The number of urea groups is 1. The van der Waals surface area contributed by atoms with Gasteiger partial charge in [-0.1, -0.05) is 51.1 Å². The second-order valence-electron chi connectivity index (χ2n) is 6.02. The molecule has 2 atom stereocenters. The zero-order chi connectivity index (χ0) is 18.1. The summed E-state index contributed by atoms with van der Waals surface area (Å²) >= 11 is 0. The second kappa shape index (κ2) is 9.54. The Balaban J connectivity index is 2.50. The molecule has 1 rings (SSSR count). The van der Waals surface area contributed by atoms with Crippen LogP contribution in [0.25, 0.3) is 0 Å². The van der Waals surface area contributed by atoms with Crippen LogP contribution in [0.4, 0.5) is 4.79 Å². The summed E-state index contributed by atoms with van der Waals surface area (Å²) in [6.07, 6.45) is 0. The van der Waals surface area contributed by atoms with Crippen molar-refractivity contribution in [2.75, 3.05) is 6.54 Å². The van der Waals surface area contributed by atoms with Crippen molar-refractivity contribution in [3.05, 3.63) is 35.9 Å². The van der Waals surface area contributed by atoms with Gasteiger partial charge in [0.1, 0.15) is 6.04 Å². The minimum absolute atomic E-state index is 0.0186. The third-order valence-corrected chi connectivity index (χ3v) is 3.54. The maximum atomic E-state index is 12.2. The van der Waals surface area contributed by atoms with Gasteiger partial charge in [-0.05, 0) is 11.5 Å². The molecule has 4 N–H and O–H groups in total. The van der Waals surface area contributed by atoms with Crippen molar-refractivity contribution >= 4 is 17.9 Å². The number of hydrogen-bond acceptors (Lipinski definition) is 3. The topological polar surface area (TPSA) is 108 Å². The lowest BCUT2D eigenvalue weighted by molar-refractivity contribution is -0.141. The molecule has 0 saturated heterocycles. The van der Waals surface area contributed by atoms with Crippen LogP contribution in [0.5, 0.6) is 0 Å². The Hall–Kier alpha value is -2.57. The van der Waals surface area contributed by atoms with Crippen LogP contribution in [-0.4, -0.2) is 35.6 Å². The molecule has 0 aromatic heterocycles. The maximum Gasteiger partial charge on any atom is 0.315 e. The van der Waals surface area contributed by atoms with Gasteiger partial charge in [0.05, 0.1) is 5.92 Å². The largest absolute Gasteiger partial charge is 0.481 e. The molecular formula is C17H25N3O4. The Bertz CT molecular complexity index is 560. The van der Waals surface area contributed by atoms with E-state index in [1.807, 2.05) is 44.2 Å². The number of carbonyl (C=O) groups excluding carboxylic acids is 2. The van der Waals surface area contributed by atoms with Crippen molar-refractivity contribution in [1.82, 2.24) is 16.0 Å². The molecule has 0 heterocycles. The molecule has 0 radical (unpaired) electrons. The number of amides is 3. The van der Waals surface area contributed by atoms with Crippen LogP contribution in [0.2, 0.25) is 0 Å². The summed E-state index contributed by atoms with van der Waals surface area (Å²) in [5.74, 6) is -2.20. The summed E-state index contributed by atoms with van der Waals surface area (Å²) in [4.78, 5) is 34.9. The molecule has 24 heavy (non-hydrogen) atoms. The van der Waals surface area contributed by atoms with Crippen LogP contribution in [-0.2, 0) is 16.1 Å². The summed E-state index contributed by atoms with van der Waals surface area (Å²) < 4.78 is 0. The van der Waals surface area contributed by atoms with E-state index in [0.717, 1.165) is 5.56 Å². The molecule has 0 fully saturated rings. The number of hydrogen-bond donors (Lipinski definition) is 4. The first-order valence-corrected chi connectivity index (χ1v) is 7.90. The molecule has 7 heteroatoms. The highest BCUT2D eigenvalue weighted by Crippen LogP contribution is 2.03. The van der Waals surface area contributed by atoms with Gasteiger partial charge in [0.15, 0.2) is 0 Å². The highest BCUT2D eigenvalue weighted by molar-refractivity contribution is 5.87. The number of nitrogens with one attached hydrogen (secondary N) is 3. The van der Waals surface area contributed by atoms with Crippen molar-refractivity contribution in [2.45, 2.75) is 33.4 Å². The molecule has 1 aromatic carbocycles. The molecule has 0 saturated carbocycles. The van der Waals surface area contributed by atoms with E-state index < -0.39 is 29.9 Å². The number of carboxylic acids is 1. The zero-order valence-corrected chi connectivity index (χ0v) is 14.2. The quantitative estimate of drug-likeness (QED) is 0.575. The first-order valence-electron chi connectivity index (χ1n) is 7.90. The maximum absolute atomic E-state index is 12.2. The van der Waals surface area contributed by atoms with Gasteiger partial charge in [-0.15, -0.1) is 0 Å². The van der Waals surface area contributed by atoms with Crippen LogP contribution >= 0.6 is 0 Å². The summed E-state index contributed by atoms with van der Waals surface area (Å²) in [6, 6.07) is 8.24. The summed E-state index contributed by atoms with van der Waals surface area (Å²) in [7, 11) is 0. The first-order chi connectivity index (χ1) is 11.3. The van der Waals surface area contributed by atoms with Gasteiger partial charge in [-0.3, -0.25) is 9.59 Å². The van der Waals surface area contributed by atoms with Crippen molar-refractivity contribution in [3.63, 3.8) is 0 Å². The zero-order valence-electron chi connectivity index (χ0n) is 14.2. The molecular weight excluding hydrogens is 310 g/mol. The SMILES string of the molecule is CC(CNC(=O)C(NC(=O)NCc1ccccc1)C(C)C)C(=O)O. The standard InChI is InChI=1S/C17H25N3O4/c1-11(2)14(15(21)18-9-12(3)16(22)23)20-17(24)19-10-13-7-5-4-6-8-13/h4-8,11-12,14H,9-10H2,1-3H3,(H,18,21)(H,22,23)(H2,19,20,24). The number of rotatable bonds is 8. The van der Waals surface area contributed by atoms with E-state index in [2.05, 4.69) is 16.0 Å². The van der Waals surface area contributed by atoms with Crippen molar-refractivity contribution in [1.29, 1.82) is 0 Å². The van der Waals surface area contributed by atoms with E-state index in [0.29, 0.717) is 6.54 Å². The molecule has 0 spiro atoms. The summed E-state index contributed by atoms with van der Waals surface area (Å²) in [5, 5.41) is 16.7. The van der Waals surface area contributed by atoms with Crippen molar-refractivity contribution < 1.29 is 19.5 Å². The highest BCUT2D eigenvalue weighted by Gasteiger charge is 2.25. The van der Waals surface area contributed by atoms with E-state index in [1.54, 1.807) is 0 Å². The van der Waals surface area contributed by atoms with Gasteiger partial charge in [-0.2, -0.15) is 0 Å². The predicted molar refractivity (Wildman–Crippen MR) is 90.2 cm³/mol. The third-order valence-electron chi connectivity index (χ3n) is 3.54. The fourth-order valence-electron chi connectivity index (χ4n) is 1.96. The fraction of sp³-hybridized carbons (Fsp3) is 0.471. The normalized spacial score (nSPS) is 13.0. The average Bonchev–Trinajstić information content (AvgIpc) is 2.55. The first kappa shape index (κ1) is 19.5. The lowest BCUT2D eigenvalue weighted by Gasteiger charge is -2.22. The van der Waals surface area contributed by atoms with Gasteiger partial charge in [0.25, 0.3) is 0 Å². The Morgan fingerprint density at radius 3 is 2.21 bits per heavy atom. The van der Waals surface area contributed by atoms with Gasteiger partial charge in [0, 0.05) is 13.1 Å². The molecule has 0 bridgehead atoms. The third kappa shape index (κ3) is 6.68. The molecule has 0 aliphatic rings. The van der Waals surface area contributed by atoms with E-state index >= 15 is 0 Å². The van der Waals surface area contributed by atoms with Crippen LogP contribution in [0, 0.1) is 11.8 Å². The molecule has 2 unspecified atom stereocenters. The molecule has 0 aliphatic carbocycles. The minimum atomic E-state index is -0.982. The van der Waals surface area contributed by atoms with Gasteiger partial charge < -0.3 is 21.1 Å². The van der Waals surface area contributed by atoms with E-state index in [4.69, 9.17) is 5.11 Å². The summed E-state index contributed by atoms with van der Waals surface area (Å²) in [5.41, 5.74) is 0.952. The summed E-state index contributed by atoms with van der Waals surface area (Å²) in [6.45, 7) is 5.50. The van der Waals surface area contributed by atoms with E-state index in [-0.39, 0.29) is 12.5 Å². The average molecular weight is 335 g/mol. The number of benzene rings is 1. The second-order valence-corrected chi connectivity index (χ2v) is 6.02. The lowest BCUT2D eigenvalue weighted by Crippen LogP contribution is -2.53. The number of carbonyl (C=O) groups is 3. The van der Waals surface area contributed by atoms with Crippen LogP contribution in [0.15, 0.2) is 30.3 Å². The predicted octanol–water partition coefficient (Wildman–Crippen LogP) is 1.35. The van der Waals surface area contributed by atoms with Crippen molar-refractivity contribution in [2.24, 2.45) is 11.8 Å². The van der Waals surface area contributed by atoms with E-state index in [1.165, 1.54) is 6.92 Å². The Labute approximate surface area is 141 Å². The highest BCUT2D eigenvalue weighted by atomic mass is 16.4. The van der Waals surface area contributed by atoms with Gasteiger partial charge in [-0.25, -0.2) is 4.79 Å². The van der Waals surface area contributed by atoms with Crippen LogP contribution < -0.4 is 16.0 Å². The molecule has 1 aromatic rings. The number of aliphatic carboxylic acids is 1. The molecule has 132 valence electrons. The van der Waals surface area contributed by atoms with Crippen LogP contribution in [0.1, 0.15) is 26.3 Å². The van der Waals surface area contributed by atoms with E-state index in [9.17, 15) is 14.4 Å².